The van der Waals surface area contributed by atoms with Crippen LogP contribution in [0.15, 0.2) is 61.0 Å². The third kappa shape index (κ3) is 3.53. The topological polar surface area (TPSA) is 114 Å². The van der Waals surface area contributed by atoms with Crippen molar-refractivity contribution in [3.8, 4) is 23.5 Å². The van der Waals surface area contributed by atoms with Gasteiger partial charge in [0.2, 0.25) is 0 Å². The molecule has 2 rings (SSSR count). The van der Waals surface area contributed by atoms with E-state index in [9.17, 15) is 10.2 Å². The van der Waals surface area contributed by atoms with E-state index >= 15 is 0 Å². The van der Waals surface area contributed by atoms with Gasteiger partial charge in [0.1, 0.15) is 12.2 Å². The average Bonchev–Trinajstić information content (AvgIpc) is 2.65. The minimum Gasteiger partial charge on any atom is -0.383 e. The zero-order valence-electron chi connectivity index (χ0n) is 12.7. The second-order valence-electron chi connectivity index (χ2n) is 5.03. The van der Waals surface area contributed by atoms with Crippen LogP contribution >= 0.6 is 0 Å². The highest BCUT2D eigenvalue weighted by atomic mass is 16.3. The molecule has 0 aliphatic carbocycles. The Hall–Kier alpha value is -3.32. The Kier molecular flexibility index (Phi) is 5.18. The first-order chi connectivity index (χ1) is 11.5. The van der Waals surface area contributed by atoms with Gasteiger partial charge < -0.3 is 10.2 Å². The van der Waals surface area contributed by atoms with E-state index in [2.05, 4.69) is 23.1 Å². The van der Waals surface area contributed by atoms with Gasteiger partial charge in [0.25, 0.3) is 0 Å². The van der Waals surface area contributed by atoms with Crippen LogP contribution in [0.1, 0.15) is 23.3 Å². The van der Waals surface area contributed by atoms with Crippen molar-refractivity contribution in [3.63, 3.8) is 0 Å². The summed E-state index contributed by atoms with van der Waals surface area (Å²) >= 11 is 0. The molecule has 0 saturated heterocycles. The van der Waals surface area contributed by atoms with Gasteiger partial charge in [-0.3, -0.25) is 9.97 Å². The molecule has 0 aliphatic heterocycles. The lowest BCUT2D eigenvalue weighted by molar-refractivity contribution is 0.220. The lowest BCUT2D eigenvalue weighted by Gasteiger charge is -2.12. The highest BCUT2D eigenvalue weighted by Gasteiger charge is 2.15. The molecule has 0 amide bonds. The fourth-order valence-corrected chi connectivity index (χ4v) is 2.04. The van der Waals surface area contributed by atoms with Gasteiger partial charge in [-0.2, -0.15) is 10.5 Å². The van der Waals surface area contributed by atoms with Crippen LogP contribution < -0.4 is 0 Å². The minimum atomic E-state index is -1.12. The molecule has 0 saturated carbocycles. The van der Waals surface area contributed by atoms with Crippen molar-refractivity contribution in [2.45, 2.75) is 12.2 Å². The molecule has 6 heteroatoms. The lowest BCUT2D eigenvalue weighted by Crippen LogP contribution is -2.02. The van der Waals surface area contributed by atoms with Crippen molar-refractivity contribution < 1.29 is 10.2 Å². The number of hydrogen-bond donors (Lipinski definition) is 2. The van der Waals surface area contributed by atoms with E-state index in [0.717, 1.165) is 0 Å². The Morgan fingerprint density at radius 3 is 1.58 bits per heavy atom. The maximum absolute atomic E-state index is 10.1. The highest BCUT2D eigenvalue weighted by Crippen LogP contribution is 2.26. The van der Waals surface area contributed by atoms with E-state index in [0.29, 0.717) is 22.5 Å². The summed E-state index contributed by atoms with van der Waals surface area (Å²) in [5.74, 6) is 0. The third-order valence-electron chi connectivity index (χ3n) is 3.41. The molecule has 2 atom stereocenters. The number of nitriles is 2. The molecular formula is C18H14N4O2. The number of aliphatic hydroxyl groups excluding tert-OH is 2. The first-order valence-electron chi connectivity index (χ1n) is 6.94. The predicted octanol–water partition coefficient (Wildman–Crippen LogP) is 2.37. The number of aromatic nitrogens is 2. The summed E-state index contributed by atoms with van der Waals surface area (Å²) in [4.78, 5) is 8.37. The van der Waals surface area contributed by atoms with Gasteiger partial charge in [0.15, 0.2) is 0 Å². The molecule has 0 aliphatic rings. The number of aliphatic hydroxyl groups is 2. The zero-order valence-corrected chi connectivity index (χ0v) is 12.7. The van der Waals surface area contributed by atoms with Crippen LogP contribution in [0.25, 0.3) is 11.4 Å². The maximum Gasteiger partial charge on any atom is 0.113 e. The van der Waals surface area contributed by atoms with E-state index in [1.807, 2.05) is 12.1 Å². The quantitative estimate of drug-likeness (QED) is 0.818. The van der Waals surface area contributed by atoms with Crippen LogP contribution in [0.5, 0.6) is 0 Å². The summed E-state index contributed by atoms with van der Waals surface area (Å²) in [6.45, 7) is 6.99. The number of rotatable bonds is 5. The molecule has 0 spiro atoms. The van der Waals surface area contributed by atoms with Gasteiger partial charge in [-0.1, -0.05) is 13.2 Å². The van der Waals surface area contributed by atoms with Crippen LogP contribution in [0.2, 0.25) is 0 Å². The van der Waals surface area contributed by atoms with E-state index in [1.165, 1.54) is 12.4 Å². The van der Waals surface area contributed by atoms with Crippen molar-refractivity contribution in [1.82, 2.24) is 9.97 Å². The Morgan fingerprint density at radius 1 is 0.875 bits per heavy atom. The van der Waals surface area contributed by atoms with E-state index in [1.54, 1.807) is 24.3 Å². The first-order valence-corrected chi connectivity index (χ1v) is 6.94. The molecule has 118 valence electrons. The molecule has 0 fully saturated rings. The summed E-state index contributed by atoms with van der Waals surface area (Å²) in [5, 5.41) is 37.8. The molecule has 2 unspecified atom stereocenters. The first kappa shape index (κ1) is 17.0. The fraction of sp³-hybridized carbons (Fsp3) is 0.111. The van der Waals surface area contributed by atoms with Gasteiger partial charge >= 0.3 is 0 Å². The molecule has 0 aromatic carbocycles. The van der Waals surface area contributed by atoms with Crippen LogP contribution in [-0.4, -0.2) is 20.2 Å². The minimum absolute atomic E-state index is 0.0228. The van der Waals surface area contributed by atoms with E-state index < -0.39 is 12.2 Å². The lowest BCUT2D eigenvalue weighted by atomic mass is 10.0. The van der Waals surface area contributed by atoms with Crippen molar-refractivity contribution in [3.05, 3.63) is 72.1 Å². The Labute approximate surface area is 139 Å². The number of hydrogen-bond acceptors (Lipinski definition) is 6. The molecule has 0 bridgehead atoms. The summed E-state index contributed by atoms with van der Waals surface area (Å²) in [6, 6.07) is 9.95. The molecular weight excluding hydrogens is 304 g/mol. The van der Waals surface area contributed by atoms with Gasteiger partial charge in [0.05, 0.1) is 34.7 Å². The van der Waals surface area contributed by atoms with Crippen LogP contribution in [-0.2, 0) is 0 Å². The highest BCUT2D eigenvalue weighted by molar-refractivity contribution is 5.57. The molecule has 6 nitrogen and oxygen atoms in total. The molecule has 0 radical (unpaired) electrons. The standard InChI is InChI=1S/C18H14N4O2/c1-11(9-19)17(23)13-3-5-21-15(7-13)16-8-14(4-6-22-16)18(24)12(2)10-20/h3-8,17-18,23-24H,1-2H2. The second kappa shape index (κ2) is 7.30. The van der Waals surface area contributed by atoms with Crippen LogP contribution in [0.4, 0.5) is 0 Å². The van der Waals surface area contributed by atoms with Gasteiger partial charge in [-0.15, -0.1) is 0 Å². The monoisotopic (exact) mass is 318 g/mol. The Morgan fingerprint density at radius 2 is 1.25 bits per heavy atom. The molecule has 2 aromatic rings. The molecule has 2 aromatic heterocycles. The van der Waals surface area contributed by atoms with Crippen LogP contribution in [0, 0.1) is 22.7 Å². The van der Waals surface area contributed by atoms with Crippen molar-refractivity contribution in [2.24, 2.45) is 0 Å². The largest absolute Gasteiger partial charge is 0.383 e. The Bertz CT molecular complexity index is 804. The summed E-state index contributed by atoms with van der Waals surface area (Å²) in [6.07, 6.45) is 0.725. The molecule has 2 heterocycles. The average molecular weight is 318 g/mol. The van der Waals surface area contributed by atoms with Crippen molar-refractivity contribution in [2.75, 3.05) is 0 Å². The Balaban J connectivity index is 2.40. The van der Waals surface area contributed by atoms with E-state index in [4.69, 9.17) is 10.5 Å². The second-order valence-corrected chi connectivity index (χ2v) is 5.03. The fourth-order valence-electron chi connectivity index (χ4n) is 2.04. The number of pyridine rings is 2. The normalized spacial score (nSPS) is 12.5. The SMILES string of the molecule is C=C(C#N)C(O)c1ccnc(-c2cc(C(O)C(=C)C#N)ccn2)c1. The number of nitrogens with zero attached hydrogens (tertiary/aromatic N) is 4. The van der Waals surface area contributed by atoms with E-state index in [-0.39, 0.29) is 11.1 Å². The smallest absolute Gasteiger partial charge is 0.113 e. The van der Waals surface area contributed by atoms with Gasteiger partial charge in [-0.05, 0) is 35.4 Å². The van der Waals surface area contributed by atoms with Gasteiger partial charge in [0, 0.05) is 12.4 Å². The molecule has 24 heavy (non-hydrogen) atoms. The summed E-state index contributed by atoms with van der Waals surface area (Å²) in [7, 11) is 0. The van der Waals surface area contributed by atoms with Gasteiger partial charge in [-0.25, -0.2) is 0 Å². The van der Waals surface area contributed by atoms with Crippen LogP contribution in [0.3, 0.4) is 0 Å². The van der Waals surface area contributed by atoms with Crippen molar-refractivity contribution >= 4 is 0 Å². The molecule has 2 N–H and O–H groups in total. The summed E-state index contributed by atoms with van der Waals surface area (Å²) < 4.78 is 0. The van der Waals surface area contributed by atoms with Crippen molar-refractivity contribution in [1.29, 1.82) is 10.5 Å². The maximum atomic E-state index is 10.1. The zero-order chi connectivity index (χ0) is 17.7. The third-order valence-corrected chi connectivity index (χ3v) is 3.41. The predicted molar refractivity (Wildman–Crippen MR) is 86.9 cm³/mol. The summed E-state index contributed by atoms with van der Waals surface area (Å²) in [5.41, 5.74) is 1.87.